The fourth-order valence-electron chi connectivity index (χ4n) is 5.43. The third-order valence-corrected chi connectivity index (χ3v) is 7.54. The van der Waals surface area contributed by atoms with Gasteiger partial charge in [0, 0.05) is 0 Å². The molecule has 1 heteroatoms. The van der Waals surface area contributed by atoms with Gasteiger partial charge in [-0.3, -0.25) is 0 Å². The summed E-state index contributed by atoms with van der Waals surface area (Å²) >= 11 is 0. The molecule has 0 aliphatic heterocycles. The number of rotatable bonds is 11. The van der Waals surface area contributed by atoms with E-state index in [0.29, 0.717) is 13.2 Å². The van der Waals surface area contributed by atoms with Gasteiger partial charge in [-0.1, -0.05) is 74.9 Å². The van der Waals surface area contributed by atoms with Gasteiger partial charge in [0.1, 0.15) is 0 Å². The molecule has 29 heavy (non-hydrogen) atoms. The Balaban J connectivity index is 1.28. The average molecular weight is 395 g/mol. The molecule has 160 valence electrons. The molecule has 1 aromatic rings. The second kappa shape index (κ2) is 12.4. The summed E-state index contributed by atoms with van der Waals surface area (Å²) in [5.41, 5.74) is 2.74. The van der Waals surface area contributed by atoms with Crippen LogP contribution in [0.2, 0.25) is 0 Å². The summed E-state index contributed by atoms with van der Waals surface area (Å²) in [7, 11) is 0. The fourth-order valence-corrected chi connectivity index (χ4v) is 5.43. The lowest BCUT2D eigenvalue weighted by Crippen LogP contribution is -2.18. The molecule has 2 aliphatic carbocycles. The molecule has 1 aromatic carbocycles. The van der Waals surface area contributed by atoms with Gasteiger partial charge >= 0.3 is 0 Å². The van der Waals surface area contributed by atoms with E-state index in [1.165, 1.54) is 88.2 Å². The van der Waals surface area contributed by atoms with Crippen molar-refractivity contribution in [3.63, 3.8) is 0 Å². The van der Waals surface area contributed by atoms with E-state index < -0.39 is 0 Å². The zero-order chi connectivity index (χ0) is 20.3. The number of aryl methyl sites for hydroxylation is 1. The summed E-state index contributed by atoms with van der Waals surface area (Å²) in [6.07, 6.45) is 21.1. The maximum absolute atomic E-state index is 5.52. The van der Waals surface area contributed by atoms with Crippen LogP contribution in [-0.2, 0) is 17.8 Å². The van der Waals surface area contributed by atoms with Crippen LogP contribution in [0.3, 0.4) is 0 Å². The Morgan fingerprint density at radius 2 is 1.24 bits per heavy atom. The van der Waals surface area contributed by atoms with Gasteiger partial charge in [0.25, 0.3) is 0 Å². The van der Waals surface area contributed by atoms with Crippen LogP contribution in [0.5, 0.6) is 0 Å². The minimum Gasteiger partial charge on any atom is -0.373 e. The average Bonchev–Trinajstić information content (AvgIpc) is 2.78. The van der Waals surface area contributed by atoms with E-state index in [0.717, 1.165) is 23.7 Å². The van der Waals surface area contributed by atoms with Crippen molar-refractivity contribution in [2.45, 2.75) is 83.7 Å². The van der Waals surface area contributed by atoms with E-state index in [4.69, 9.17) is 4.74 Å². The monoisotopic (exact) mass is 394 g/mol. The maximum Gasteiger partial charge on any atom is 0.0721 e. The minimum absolute atomic E-state index is 0.626. The number of allylic oxidation sites excluding steroid dienone is 1. The van der Waals surface area contributed by atoms with E-state index in [-0.39, 0.29) is 0 Å². The zero-order valence-electron chi connectivity index (χ0n) is 18.5. The first-order valence-corrected chi connectivity index (χ1v) is 12.2. The molecular formula is C28H42O. The second-order valence-corrected chi connectivity index (χ2v) is 9.64. The number of ether oxygens (including phenoxy) is 1. The van der Waals surface area contributed by atoms with Crippen LogP contribution in [0, 0.1) is 23.7 Å². The highest BCUT2D eigenvalue weighted by molar-refractivity contribution is 5.22. The molecule has 0 amide bonds. The van der Waals surface area contributed by atoms with E-state index in [2.05, 4.69) is 43.5 Å². The fraction of sp³-hybridized carbons (Fsp3) is 0.643. The third-order valence-electron chi connectivity index (χ3n) is 7.54. The van der Waals surface area contributed by atoms with Crippen LogP contribution in [0.1, 0.15) is 81.8 Å². The van der Waals surface area contributed by atoms with Crippen LogP contribution in [0.4, 0.5) is 0 Å². The van der Waals surface area contributed by atoms with Crippen LogP contribution in [0.25, 0.3) is 0 Å². The summed E-state index contributed by atoms with van der Waals surface area (Å²) in [5, 5.41) is 0. The van der Waals surface area contributed by atoms with Crippen LogP contribution < -0.4 is 0 Å². The molecule has 0 aromatic heterocycles. The van der Waals surface area contributed by atoms with Crippen molar-refractivity contribution >= 4 is 0 Å². The molecule has 0 bridgehead atoms. The molecule has 3 rings (SSSR count). The Bertz CT molecular complexity index is 585. The lowest BCUT2D eigenvalue weighted by Gasteiger charge is -2.31. The molecule has 0 unspecified atom stereocenters. The highest BCUT2D eigenvalue weighted by Gasteiger charge is 2.24. The Morgan fingerprint density at radius 1 is 0.724 bits per heavy atom. The molecule has 0 N–H and O–H groups in total. The van der Waals surface area contributed by atoms with Crippen molar-refractivity contribution in [2.24, 2.45) is 23.7 Å². The van der Waals surface area contributed by atoms with Crippen molar-refractivity contribution in [3.05, 3.63) is 60.7 Å². The van der Waals surface area contributed by atoms with Crippen LogP contribution in [0.15, 0.2) is 49.6 Å². The van der Waals surface area contributed by atoms with E-state index in [9.17, 15) is 0 Å². The first kappa shape index (κ1) is 22.3. The summed E-state index contributed by atoms with van der Waals surface area (Å²) in [6.45, 7) is 8.98. The maximum atomic E-state index is 5.52. The Kier molecular flexibility index (Phi) is 9.54. The summed E-state index contributed by atoms with van der Waals surface area (Å²) in [6, 6.07) is 9.02. The lowest BCUT2D eigenvalue weighted by atomic mass is 9.75. The van der Waals surface area contributed by atoms with Gasteiger partial charge in [-0.25, -0.2) is 0 Å². The Hall–Kier alpha value is -1.34. The molecule has 0 atom stereocenters. The normalized spacial score (nSPS) is 27.4. The van der Waals surface area contributed by atoms with Crippen LogP contribution >= 0.6 is 0 Å². The quantitative estimate of drug-likeness (QED) is 0.274. The topological polar surface area (TPSA) is 9.23 Å². The summed E-state index contributed by atoms with van der Waals surface area (Å²) in [4.78, 5) is 0. The van der Waals surface area contributed by atoms with Gasteiger partial charge in [-0.05, 0) is 73.3 Å². The van der Waals surface area contributed by atoms with E-state index in [1.807, 2.05) is 0 Å². The standard InChI is InChI=1S/C28H42O/c1-3-21-29-22-28-19-17-27(18-20-28)16-15-26-13-11-25(12-14-26)10-9-24-7-5-23(4-2)6-8-24/h3-4,17-20,23-26H,1-2,5-16,21-22H2. The predicted molar refractivity (Wildman–Crippen MR) is 125 cm³/mol. The van der Waals surface area contributed by atoms with Crippen molar-refractivity contribution in [2.75, 3.05) is 6.61 Å². The highest BCUT2D eigenvalue weighted by Crippen LogP contribution is 2.37. The number of hydrogen-bond acceptors (Lipinski definition) is 1. The van der Waals surface area contributed by atoms with Crippen molar-refractivity contribution in [1.29, 1.82) is 0 Å². The van der Waals surface area contributed by atoms with Gasteiger partial charge in [0.15, 0.2) is 0 Å². The second-order valence-electron chi connectivity index (χ2n) is 9.64. The first-order chi connectivity index (χ1) is 14.3. The summed E-state index contributed by atoms with van der Waals surface area (Å²) in [5.74, 6) is 3.78. The largest absolute Gasteiger partial charge is 0.373 e. The first-order valence-electron chi connectivity index (χ1n) is 12.2. The van der Waals surface area contributed by atoms with Gasteiger partial charge in [0.05, 0.1) is 13.2 Å². The lowest BCUT2D eigenvalue weighted by molar-refractivity contribution is 0.149. The van der Waals surface area contributed by atoms with Crippen molar-refractivity contribution in [1.82, 2.24) is 0 Å². The Morgan fingerprint density at radius 3 is 1.79 bits per heavy atom. The molecule has 0 saturated heterocycles. The van der Waals surface area contributed by atoms with Crippen molar-refractivity contribution < 1.29 is 4.74 Å². The number of benzene rings is 1. The predicted octanol–water partition coefficient (Wildman–Crippen LogP) is 7.90. The van der Waals surface area contributed by atoms with Gasteiger partial charge in [-0.15, -0.1) is 13.2 Å². The molecule has 0 radical (unpaired) electrons. The van der Waals surface area contributed by atoms with Crippen molar-refractivity contribution in [3.8, 4) is 0 Å². The zero-order valence-corrected chi connectivity index (χ0v) is 18.5. The van der Waals surface area contributed by atoms with Crippen LogP contribution in [-0.4, -0.2) is 6.61 Å². The van der Waals surface area contributed by atoms with Gasteiger partial charge in [0.2, 0.25) is 0 Å². The molecule has 2 fully saturated rings. The number of hydrogen-bond donors (Lipinski definition) is 0. The molecule has 2 aliphatic rings. The minimum atomic E-state index is 0.626. The van der Waals surface area contributed by atoms with Gasteiger partial charge < -0.3 is 4.74 Å². The summed E-state index contributed by atoms with van der Waals surface area (Å²) < 4.78 is 5.52. The Labute approximate surface area is 179 Å². The molecule has 1 nitrogen and oxygen atoms in total. The third kappa shape index (κ3) is 7.78. The van der Waals surface area contributed by atoms with E-state index in [1.54, 1.807) is 6.08 Å². The smallest absolute Gasteiger partial charge is 0.0721 e. The highest BCUT2D eigenvalue weighted by atomic mass is 16.5. The molecule has 0 spiro atoms. The molecule has 2 saturated carbocycles. The van der Waals surface area contributed by atoms with Gasteiger partial charge in [-0.2, -0.15) is 0 Å². The molecule has 0 heterocycles. The molecular weight excluding hydrogens is 352 g/mol. The SMILES string of the molecule is C=CCOCc1ccc(CCC2CCC(CCC3CCC(C=C)CC3)CC2)cc1. The van der Waals surface area contributed by atoms with E-state index >= 15 is 0 Å².